The van der Waals surface area contributed by atoms with Crippen LogP contribution >= 0.6 is 0 Å². The fraction of sp³-hybridized carbons (Fsp3) is 0.900. The lowest BCUT2D eigenvalue weighted by Gasteiger charge is -2.13. The first-order valence-electron chi connectivity index (χ1n) is 4.62. The third kappa shape index (κ3) is 4.18. The first-order chi connectivity index (χ1) is 5.09. The van der Waals surface area contributed by atoms with Gasteiger partial charge in [0.05, 0.1) is 0 Å². The Morgan fingerprint density at radius 2 is 1.82 bits per heavy atom. The van der Waals surface area contributed by atoms with Gasteiger partial charge in [0.1, 0.15) is 5.78 Å². The summed E-state index contributed by atoms with van der Waals surface area (Å²) in [5.74, 6) is 1.18. The summed E-state index contributed by atoms with van der Waals surface area (Å²) in [7, 11) is 0. The van der Waals surface area contributed by atoms with E-state index in [1.807, 2.05) is 6.92 Å². The molecule has 0 aliphatic carbocycles. The second-order valence-electron chi connectivity index (χ2n) is 3.60. The molecule has 0 saturated heterocycles. The third-order valence-corrected chi connectivity index (χ3v) is 2.28. The molecular formula is C10H20O. The Hall–Kier alpha value is -0.330. The highest BCUT2D eigenvalue weighted by atomic mass is 16.1. The third-order valence-electron chi connectivity index (χ3n) is 2.28. The van der Waals surface area contributed by atoms with E-state index in [0.717, 1.165) is 19.3 Å². The van der Waals surface area contributed by atoms with Crippen LogP contribution in [0.5, 0.6) is 0 Å². The number of carbonyl (C=O) groups excluding carboxylic acids is 1. The highest BCUT2D eigenvalue weighted by Crippen LogP contribution is 2.13. The van der Waals surface area contributed by atoms with E-state index in [1.54, 1.807) is 0 Å². The van der Waals surface area contributed by atoms with Gasteiger partial charge in [-0.15, -0.1) is 0 Å². The lowest BCUT2D eigenvalue weighted by atomic mass is 9.91. The highest BCUT2D eigenvalue weighted by Gasteiger charge is 2.14. The van der Waals surface area contributed by atoms with Crippen molar-refractivity contribution in [1.29, 1.82) is 0 Å². The van der Waals surface area contributed by atoms with Crippen molar-refractivity contribution in [3.8, 4) is 0 Å². The molecule has 0 bridgehead atoms. The molecule has 66 valence electrons. The Balaban J connectivity index is 3.64. The van der Waals surface area contributed by atoms with Crippen molar-refractivity contribution in [2.45, 2.75) is 47.0 Å². The van der Waals surface area contributed by atoms with Gasteiger partial charge in [0.15, 0.2) is 0 Å². The van der Waals surface area contributed by atoms with Gasteiger partial charge in [0.2, 0.25) is 0 Å². The molecule has 1 unspecified atom stereocenters. The molecule has 0 fully saturated rings. The Bertz CT molecular complexity index is 116. The van der Waals surface area contributed by atoms with Gasteiger partial charge < -0.3 is 0 Å². The molecule has 0 amide bonds. The summed E-state index contributed by atoms with van der Waals surface area (Å²) in [5.41, 5.74) is 0. The van der Waals surface area contributed by atoms with Gasteiger partial charge in [-0.3, -0.25) is 4.79 Å². The maximum Gasteiger partial charge on any atom is 0.135 e. The van der Waals surface area contributed by atoms with E-state index in [1.165, 1.54) is 0 Å². The lowest BCUT2D eigenvalue weighted by molar-refractivity contribution is -0.123. The van der Waals surface area contributed by atoms with Crippen molar-refractivity contribution < 1.29 is 4.79 Å². The van der Waals surface area contributed by atoms with Gasteiger partial charge in [-0.25, -0.2) is 0 Å². The van der Waals surface area contributed by atoms with Gasteiger partial charge in [-0.1, -0.05) is 34.1 Å². The zero-order valence-corrected chi connectivity index (χ0v) is 8.18. The van der Waals surface area contributed by atoms with Crippen molar-refractivity contribution >= 4 is 5.78 Å². The fourth-order valence-electron chi connectivity index (χ4n) is 0.950. The monoisotopic (exact) mass is 156 g/mol. The summed E-state index contributed by atoms with van der Waals surface area (Å²) < 4.78 is 0. The van der Waals surface area contributed by atoms with Crippen LogP contribution in [0.15, 0.2) is 0 Å². The number of rotatable bonds is 5. The zero-order valence-electron chi connectivity index (χ0n) is 8.18. The number of ketones is 1. The molecular weight excluding hydrogens is 136 g/mol. The van der Waals surface area contributed by atoms with E-state index in [4.69, 9.17) is 0 Å². The predicted octanol–water partition coefficient (Wildman–Crippen LogP) is 3.04. The van der Waals surface area contributed by atoms with Crippen LogP contribution in [0.25, 0.3) is 0 Å². The number of carbonyl (C=O) groups is 1. The molecule has 1 atom stereocenters. The van der Waals surface area contributed by atoms with E-state index in [-0.39, 0.29) is 5.92 Å². The standard InChI is InChI=1S/C10H20O/c1-5-6-7-10(11)9(4)8(2)3/h8-9H,5-7H2,1-4H3. The van der Waals surface area contributed by atoms with E-state index in [9.17, 15) is 4.79 Å². The Labute approximate surface area is 70.2 Å². The largest absolute Gasteiger partial charge is 0.299 e. The first kappa shape index (κ1) is 10.7. The number of hydrogen-bond acceptors (Lipinski definition) is 1. The van der Waals surface area contributed by atoms with E-state index in [2.05, 4.69) is 20.8 Å². The molecule has 0 aliphatic rings. The van der Waals surface area contributed by atoms with Gasteiger partial charge in [-0.2, -0.15) is 0 Å². The normalized spacial score (nSPS) is 13.5. The maximum atomic E-state index is 11.3. The molecule has 0 heterocycles. The number of Topliss-reactive ketones (excluding diaryl/α,β-unsaturated/α-hetero) is 1. The molecule has 0 saturated carbocycles. The average Bonchev–Trinajstić information content (AvgIpc) is 1.98. The van der Waals surface area contributed by atoms with Gasteiger partial charge in [-0.05, 0) is 12.3 Å². The van der Waals surface area contributed by atoms with E-state index < -0.39 is 0 Å². The van der Waals surface area contributed by atoms with Crippen molar-refractivity contribution in [2.75, 3.05) is 0 Å². The molecule has 0 aromatic heterocycles. The van der Waals surface area contributed by atoms with Crippen LogP contribution in [-0.2, 0) is 4.79 Å². The summed E-state index contributed by atoms with van der Waals surface area (Å²) in [6, 6.07) is 0. The van der Waals surface area contributed by atoms with Crippen LogP contribution in [0.2, 0.25) is 0 Å². The summed E-state index contributed by atoms with van der Waals surface area (Å²) in [4.78, 5) is 11.3. The minimum atomic E-state index is 0.251. The Morgan fingerprint density at radius 3 is 2.18 bits per heavy atom. The first-order valence-corrected chi connectivity index (χ1v) is 4.62. The van der Waals surface area contributed by atoms with E-state index >= 15 is 0 Å². The topological polar surface area (TPSA) is 17.1 Å². The fourth-order valence-corrected chi connectivity index (χ4v) is 0.950. The van der Waals surface area contributed by atoms with Crippen LogP contribution in [0.3, 0.4) is 0 Å². The zero-order chi connectivity index (χ0) is 8.85. The molecule has 0 rings (SSSR count). The molecule has 1 heteroatoms. The SMILES string of the molecule is CCCCC(=O)C(C)C(C)C. The molecule has 1 nitrogen and oxygen atoms in total. The van der Waals surface area contributed by atoms with Crippen molar-refractivity contribution in [3.05, 3.63) is 0 Å². The highest BCUT2D eigenvalue weighted by molar-refractivity contribution is 5.80. The quantitative estimate of drug-likeness (QED) is 0.598. The van der Waals surface area contributed by atoms with Crippen molar-refractivity contribution in [3.63, 3.8) is 0 Å². The summed E-state index contributed by atoms with van der Waals surface area (Å²) in [6.07, 6.45) is 2.95. The minimum absolute atomic E-state index is 0.251. The van der Waals surface area contributed by atoms with E-state index in [0.29, 0.717) is 11.7 Å². The smallest absolute Gasteiger partial charge is 0.135 e. The van der Waals surface area contributed by atoms with Gasteiger partial charge in [0, 0.05) is 12.3 Å². The van der Waals surface area contributed by atoms with Crippen molar-refractivity contribution in [1.82, 2.24) is 0 Å². The molecule has 0 aromatic rings. The molecule has 0 aromatic carbocycles. The van der Waals surface area contributed by atoms with Gasteiger partial charge in [0.25, 0.3) is 0 Å². The van der Waals surface area contributed by atoms with Crippen LogP contribution in [0, 0.1) is 11.8 Å². The van der Waals surface area contributed by atoms with Crippen LogP contribution in [0.1, 0.15) is 47.0 Å². The summed E-state index contributed by atoms with van der Waals surface area (Å²) in [6.45, 7) is 8.36. The van der Waals surface area contributed by atoms with Crippen LogP contribution < -0.4 is 0 Å². The van der Waals surface area contributed by atoms with Crippen LogP contribution in [0.4, 0.5) is 0 Å². The van der Waals surface area contributed by atoms with Crippen LogP contribution in [-0.4, -0.2) is 5.78 Å². The second-order valence-corrected chi connectivity index (χ2v) is 3.60. The van der Waals surface area contributed by atoms with Gasteiger partial charge >= 0.3 is 0 Å². The van der Waals surface area contributed by atoms with Crippen molar-refractivity contribution in [2.24, 2.45) is 11.8 Å². The molecule has 0 radical (unpaired) electrons. The molecule has 0 aliphatic heterocycles. The number of hydrogen-bond donors (Lipinski definition) is 0. The summed E-state index contributed by atoms with van der Waals surface area (Å²) >= 11 is 0. The Kier molecular flexibility index (Phi) is 5.18. The summed E-state index contributed by atoms with van der Waals surface area (Å²) in [5, 5.41) is 0. The molecule has 0 spiro atoms. The number of unbranched alkanes of at least 4 members (excludes halogenated alkanes) is 1. The average molecular weight is 156 g/mol. The molecule has 0 N–H and O–H groups in total. The molecule has 11 heavy (non-hydrogen) atoms. The lowest BCUT2D eigenvalue weighted by Crippen LogP contribution is -2.16. The predicted molar refractivity (Wildman–Crippen MR) is 48.5 cm³/mol. The Morgan fingerprint density at radius 1 is 1.27 bits per heavy atom. The minimum Gasteiger partial charge on any atom is -0.299 e. The second kappa shape index (κ2) is 5.34. The maximum absolute atomic E-state index is 11.3.